The second kappa shape index (κ2) is 9.28. The quantitative estimate of drug-likeness (QED) is 0.741. The summed E-state index contributed by atoms with van der Waals surface area (Å²) < 4.78 is 27.2. The first-order chi connectivity index (χ1) is 13.8. The molecule has 1 N–H and O–H groups in total. The molecule has 156 valence electrons. The van der Waals surface area contributed by atoms with Crippen LogP contribution in [-0.4, -0.2) is 31.7 Å². The largest absolute Gasteiger partial charge is 0.352 e. The third-order valence-corrected chi connectivity index (χ3v) is 7.45. The molecule has 2 aromatic rings. The highest BCUT2D eigenvalue weighted by molar-refractivity contribution is 7.89. The normalized spacial score (nSPS) is 18.0. The van der Waals surface area contributed by atoms with Crippen LogP contribution in [0.4, 0.5) is 0 Å². The number of halogens is 1. The summed E-state index contributed by atoms with van der Waals surface area (Å²) in [4.78, 5) is 12.9. The fraction of sp³-hybridized carbons (Fsp3) is 0.409. The summed E-state index contributed by atoms with van der Waals surface area (Å²) in [6.45, 7) is 5.35. The van der Waals surface area contributed by atoms with Crippen molar-refractivity contribution in [3.8, 4) is 0 Å². The molecule has 0 bridgehead atoms. The van der Waals surface area contributed by atoms with E-state index in [0.717, 1.165) is 5.56 Å². The summed E-state index contributed by atoms with van der Waals surface area (Å²) in [6.07, 6.45) is 1.35. The maximum absolute atomic E-state index is 12.9. The molecule has 1 aliphatic heterocycles. The Morgan fingerprint density at radius 3 is 2.41 bits per heavy atom. The third-order valence-electron chi connectivity index (χ3n) is 5.32. The van der Waals surface area contributed by atoms with Gasteiger partial charge in [-0.25, -0.2) is 8.42 Å². The molecule has 0 spiro atoms. The molecule has 0 aromatic heterocycles. The van der Waals surface area contributed by atoms with Crippen molar-refractivity contribution in [2.24, 2.45) is 5.92 Å². The number of rotatable bonds is 6. The van der Waals surface area contributed by atoms with Gasteiger partial charge in [-0.15, -0.1) is 0 Å². The number of hydrogen-bond donors (Lipinski definition) is 1. The van der Waals surface area contributed by atoms with E-state index in [1.165, 1.54) is 22.0 Å². The van der Waals surface area contributed by atoms with Gasteiger partial charge >= 0.3 is 0 Å². The van der Waals surface area contributed by atoms with Crippen molar-refractivity contribution in [2.45, 2.75) is 44.0 Å². The van der Waals surface area contributed by atoms with Crippen LogP contribution in [0.1, 0.15) is 43.7 Å². The van der Waals surface area contributed by atoms with Gasteiger partial charge in [-0.1, -0.05) is 49.7 Å². The van der Waals surface area contributed by atoms with E-state index in [1.807, 2.05) is 12.1 Å². The van der Waals surface area contributed by atoms with E-state index in [0.29, 0.717) is 36.9 Å². The van der Waals surface area contributed by atoms with Crippen LogP contribution in [-0.2, 0) is 21.4 Å². The first-order valence-electron chi connectivity index (χ1n) is 9.89. The number of nitrogens with zero attached hydrogens (tertiary/aromatic N) is 1. The summed E-state index contributed by atoms with van der Waals surface area (Å²) in [5.74, 6) is 0.0177. The molecule has 0 aliphatic carbocycles. The Labute approximate surface area is 178 Å². The number of carbonyl (C=O) groups excluding carboxylic acids is 1. The number of piperidine rings is 1. The van der Waals surface area contributed by atoms with Crippen LogP contribution in [0.25, 0.3) is 0 Å². The van der Waals surface area contributed by atoms with E-state index in [2.05, 4.69) is 31.3 Å². The zero-order valence-electron chi connectivity index (χ0n) is 16.8. The van der Waals surface area contributed by atoms with Gasteiger partial charge in [0.15, 0.2) is 0 Å². The van der Waals surface area contributed by atoms with E-state index in [4.69, 9.17) is 11.6 Å². The highest BCUT2D eigenvalue weighted by Crippen LogP contribution is 2.25. The zero-order valence-corrected chi connectivity index (χ0v) is 18.3. The van der Waals surface area contributed by atoms with E-state index in [-0.39, 0.29) is 23.3 Å². The van der Waals surface area contributed by atoms with Crippen LogP contribution >= 0.6 is 11.6 Å². The molecular weight excluding hydrogens is 408 g/mol. The van der Waals surface area contributed by atoms with Crippen LogP contribution < -0.4 is 5.32 Å². The lowest BCUT2D eigenvalue weighted by Gasteiger charge is -2.31. The second-order valence-electron chi connectivity index (χ2n) is 7.77. The first-order valence-corrected chi connectivity index (χ1v) is 11.7. The smallest absolute Gasteiger partial charge is 0.243 e. The SMILES string of the molecule is CC(C)c1ccc(CNC(=O)[C@@H]2CCCN(S(=O)(=O)c3ccc(Cl)cc3)C2)cc1. The van der Waals surface area contributed by atoms with Crippen molar-refractivity contribution in [2.75, 3.05) is 13.1 Å². The molecule has 0 unspecified atom stereocenters. The van der Waals surface area contributed by atoms with E-state index < -0.39 is 10.0 Å². The summed E-state index contributed by atoms with van der Waals surface area (Å²) in [5.41, 5.74) is 2.29. The maximum atomic E-state index is 12.9. The summed E-state index contributed by atoms with van der Waals surface area (Å²) in [6, 6.07) is 14.3. The fourth-order valence-electron chi connectivity index (χ4n) is 3.48. The van der Waals surface area contributed by atoms with Crippen LogP contribution in [0.5, 0.6) is 0 Å². The van der Waals surface area contributed by atoms with Crippen molar-refractivity contribution in [1.29, 1.82) is 0 Å². The number of benzene rings is 2. The van der Waals surface area contributed by atoms with Gasteiger partial charge in [0.25, 0.3) is 0 Å². The van der Waals surface area contributed by atoms with Gasteiger partial charge in [0.2, 0.25) is 15.9 Å². The van der Waals surface area contributed by atoms with E-state index >= 15 is 0 Å². The van der Waals surface area contributed by atoms with Crippen LogP contribution in [0.2, 0.25) is 5.02 Å². The Balaban J connectivity index is 1.61. The van der Waals surface area contributed by atoms with Crippen molar-refractivity contribution in [3.63, 3.8) is 0 Å². The Bertz CT molecular complexity index is 941. The molecular formula is C22H27ClN2O3S. The third kappa shape index (κ3) is 5.38. The Hall–Kier alpha value is -1.89. The molecule has 1 atom stereocenters. The summed E-state index contributed by atoms with van der Waals surface area (Å²) in [7, 11) is -3.63. The lowest BCUT2D eigenvalue weighted by molar-refractivity contribution is -0.126. The predicted octanol–water partition coefficient (Wildman–Crippen LogP) is 4.18. The number of amides is 1. The molecule has 1 fully saturated rings. The molecule has 3 rings (SSSR count). The maximum Gasteiger partial charge on any atom is 0.243 e. The van der Waals surface area contributed by atoms with Crippen LogP contribution in [0.3, 0.4) is 0 Å². The highest BCUT2D eigenvalue weighted by Gasteiger charge is 2.33. The molecule has 2 aromatic carbocycles. The summed E-state index contributed by atoms with van der Waals surface area (Å²) >= 11 is 5.86. The summed E-state index contributed by atoms with van der Waals surface area (Å²) in [5, 5.41) is 3.45. The minimum absolute atomic E-state index is 0.103. The van der Waals surface area contributed by atoms with E-state index in [1.54, 1.807) is 12.1 Å². The van der Waals surface area contributed by atoms with Crippen molar-refractivity contribution in [1.82, 2.24) is 9.62 Å². The average molecular weight is 435 g/mol. The van der Waals surface area contributed by atoms with Gasteiger partial charge in [0, 0.05) is 24.7 Å². The minimum Gasteiger partial charge on any atom is -0.352 e. The minimum atomic E-state index is -3.63. The Kier molecular flexibility index (Phi) is 6.98. The molecule has 1 amide bonds. The van der Waals surface area contributed by atoms with Gasteiger partial charge in [-0.2, -0.15) is 4.31 Å². The first kappa shape index (κ1) is 21.8. The van der Waals surface area contributed by atoms with Gasteiger partial charge in [0.05, 0.1) is 10.8 Å². The number of carbonyl (C=O) groups is 1. The second-order valence-corrected chi connectivity index (χ2v) is 10.1. The van der Waals surface area contributed by atoms with Crippen molar-refractivity contribution in [3.05, 3.63) is 64.7 Å². The number of hydrogen-bond acceptors (Lipinski definition) is 3. The van der Waals surface area contributed by atoms with Gasteiger partial charge in [-0.3, -0.25) is 4.79 Å². The molecule has 1 saturated heterocycles. The molecule has 0 saturated carbocycles. The molecule has 5 nitrogen and oxygen atoms in total. The monoisotopic (exact) mass is 434 g/mol. The lowest BCUT2D eigenvalue weighted by atomic mass is 9.98. The molecule has 7 heteroatoms. The average Bonchev–Trinajstić information content (AvgIpc) is 2.72. The van der Waals surface area contributed by atoms with E-state index in [9.17, 15) is 13.2 Å². The van der Waals surface area contributed by atoms with Crippen LogP contribution in [0, 0.1) is 5.92 Å². The molecule has 29 heavy (non-hydrogen) atoms. The van der Waals surface area contributed by atoms with Crippen molar-refractivity contribution < 1.29 is 13.2 Å². The lowest BCUT2D eigenvalue weighted by Crippen LogP contribution is -2.45. The Morgan fingerprint density at radius 1 is 1.14 bits per heavy atom. The molecule has 1 aliphatic rings. The topological polar surface area (TPSA) is 66.5 Å². The zero-order chi connectivity index (χ0) is 21.0. The predicted molar refractivity (Wildman–Crippen MR) is 115 cm³/mol. The standard InChI is InChI=1S/C22H27ClN2O3S/c1-16(2)18-7-5-17(6-8-18)14-24-22(26)19-4-3-13-25(15-19)29(27,28)21-11-9-20(23)10-12-21/h5-12,16,19H,3-4,13-15H2,1-2H3,(H,24,26)/t19-/m1/s1. The number of nitrogens with one attached hydrogen (secondary N) is 1. The van der Waals surface area contributed by atoms with Crippen LogP contribution in [0.15, 0.2) is 53.4 Å². The fourth-order valence-corrected chi connectivity index (χ4v) is 5.13. The molecule has 0 radical (unpaired) electrons. The van der Waals surface area contributed by atoms with Gasteiger partial charge in [0.1, 0.15) is 0 Å². The molecule has 1 heterocycles. The Morgan fingerprint density at radius 2 is 1.79 bits per heavy atom. The highest BCUT2D eigenvalue weighted by atomic mass is 35.5. The van der Waals surface area contributed by atoms with Crippen molar-refractivity contribution >= 4 is 27.5 Å². The number of sulfonamides is 1. The van der Waals surface area contributed by atoms with Gasteiger partial charge < -0.3 is 5.32 Å². The van der Waals surface area contributed by atoms with Gasteiger partial charge in [-0.05, 0) is 54.2 Å².